The molecule has 39 valence electrons. The highest BCUT2D eigenvalue weighted by Gasteiger charge is 1.95. The van der Waals surface area contributed by atoms with Crippen LogP contribution in [-0.2, 0) is 9.59 Å². The molecule has 0 aliphatic heterocycles. The fraction of sp³-hybridized carbons (Fsp3) is 0.500. The highest BCUT2D eigenvalue weighted by Crippen LogP contribution is 1.76. The summed E-state index contributed by atoms with van der Waals surface area (Å²) in [6, 6.07) is -0.850. The normalized spacial score (nSPS) is 12.7. The summed E-state index contributed by atoms with van der Waals surface area (Å²) in [6.07, 6.45) is 1.02. The second-order valence-corrected chi connectivity index (χ2v) is 1.14. The first-order valence-electron chi connectivity index (χ1n) is 1.91. The van der Waals surface area contributed by atoms with Gasteiger partial charge in [0, 0.05) is 6.42 Å². The van der Waals surface area contributed by atoms with Crippen molar-refractivity contribution >= 4 is 12.6 Å². The molecule has 0 aromatic rings. The lowest BCUT2D eigenvalue weighted by Gasteiger charge is -1.88. The van der Waals surface area contributed by atoms with Crippen LogP contribution >= 0.6 is 0 Å². The van der Waals surface area contributed by atoms with Crippen molar-refractivity contribution in [3.63, 3.8) is 0 Å². The predicted octanol–water partition coefficient (Wildman–Crippen LogP) is -0.574. The van der Waals surface area contributed by atoms with Gasteiger partial charge in [0.2, 0.25) is 0 Å². The molecule has 1 atom stereocenters. The molecule has 7 heavy (non-hydrogen) atoms. The molecule has 0 rings (SSSR count). The maximum Gasteiger partial charge on any atom is 0.138 e. The minimum Gasteiger partial charge on any atom is -0.303 e. The predicted molar refractivity (Wildman–Crippen MR) is 23.6 cm³/mol. The second-order valence-electron chi connectivity index (χ2n) is 1.14. The van der Waals surface area contributed by atoms with Gasteiger partial charge in [0.25, 0.3) is 0 Å². The zero-order valence-electron chi connectivity index (χ0n) is 3.76. The molecular formula is C4H6NO2. The summed E-state index contributed by atoms with van der Waals surface area (Å²) in [5.74, 6) is 0. The van der Waals surface area contributed by atoms with Gasteiger partial charge in [0.15, 0.2) is 0 Å². The molecule has 0 aliphatic carbocycles. The molecule has 3 nitrogen and oxygen atoms in total. The van der Waals surface area contributed by atoms with E-state index in [0.717, 1.165) is 0 Å². The lowest BCUT2D eigenvalue weighted by Crippen LogP contribution is -2.09. The van der Waals surface area contributed by atoms with E-state index in [1.807, 2.05) is 0 Å². The van der Waals surface area contributed by atoms with Crippen molar-refractivity contribution in [3.05, 3.63) is 0 Å². The first-order valence-corrected chi connectivity index (χ1v) is 1.91. The van der Waals surface area contributed by atoms with Gasteiger partial charge in [0.1, 0.15) is 12.6 Å². The summed E-state index contributed by atoms with van der Waals surface area (Å²) in [7, 11) is 0. The van der Waals surface area contributed by atoms with Crippen molar-refractivity contribution in [1.29, 1.82) is 0 Å². The molecule has 3 heteroatoms. The van der Waals surface area contributed by atoms with Crippen LogP contribution in [0.15, 0.2) is 0 Å². The van der Waals surface area contributed by atoms with Gasteiger partial charge >= 0.3 is 0 Å². The van der Waals surface area contributed by atoms with Crippen LogP contribution in [0.4, 0.5) is 0 Å². The van der Waals surface area contributed by atoms with Gasteiger partial charge in [-0.15, -0.1) is 0 Å². The SMILES string of the molecule is [NH]C(C=O)CC=O. The van der Waals surface area contributed by atoms with E-state index in [1.54, 1.807) is 0 Å². The Morgan fingerprint density at radius 2 is 2.14 bits per heavy atom. The van der Waals surface area contributed by atoms with Gasteiger partial charge in [-0.1, -0.05) is 0 Å². The van der Waals surface area contributed by atoms with E-state index in [2.05, 4.69) is 0 Å². The Hall–Kier alpha value is -0.700. The third-order valence-electron chi connectivity index (χ3n) is 0.514. The minimum absolute atomic E-state index is 0.0174. The first kappa shape index (κ1) is 6.30. The van der Waals surface area contributed by atoms with Crippen molar-refractivity contribution in [2.75, 3.05) is 0 Å². The Morgan fingerprint density at radius 1 is 1.57 bits per heavy atom. The number of hydrogen-bond donors (Lipinski definition) is 0. The van der Waals surface area contributed by atoms with Crippen molar-refractivity contribution in [1.82, 2.24) is 5.73 Å². The topological polar surface area (TPSA) is 57.9 Å². The van der Waals surface area contributed by atoms with Gasteiger partial charge in [-0.3, -0.25) is 0 Å². The number of hydrogen-bond acceptors (Lipinski definition) is 2. The van der Waals surface area contributed by atoms with Crippen molar-refractivity contribution in [2.45, 2.75) is 12.5 Å². The van der Waals surface area contributed by atoms with E-state index in [9.17, 15) is 9.59 Å². The summed E-state index contributed by atoms with van der Waals surface area (Å²) in [5.41, 5.74) is 6.62. The average Bonchev–Trinajstić information content (AvgIpc) is 1.68. The van der Waals surface area contributed by atoms with Crippen molar-refractivity contribution in [3.8, 4) is 0 Å². The van der Waals surface area contributed by atoms with E-state index in [0.29, 0.717) is 12.6 Å². The van der Waals surface area contributed by atoms with E-state index in [1.165, 1.54) is 0 Å². The molecule has 1 N–H and O–H groups in total. The fourth-order valence-electron chi connectivity index (χ4n) is 0.159. The Labute approximate surface area is 41.5 Å². The highest BCUT2D eigenvalue weighted by atomic mass is 16.1. The third-order valence-corrected chi connectivity index (χ3v) is 0.514. The van der Waals surface area contributed by atoms with E-state index in [-0.39, 0.29) is 6.42 Å². The molecule has 0 saturated heterocycles. The first-order chi connectivity index (χ1) is 3.31. The van der Waals surface area contributed by atoms with Crippen LogP contribution in [0.2, 0.25) is 0 Å². The van der Waals surface area contributed by atoms with E-state index >= 15 is 0 Å². The number of carbonyl (C=O) groups is 2. The van der Waals surface area contributed by atoms with Crippen LogP contribution in [0.25, 0.3) is 0 Å². The largest absolute Gasteiger partial charge is 0.303 e. The summed E-state index contributed by atoms with van der Waals surface area (Å²) < 4.78 is 0. The third kappa shape index (κ3) is 3.12. The fourth-order valence-corrected chi connectivity index (χ4v) is 0.159. The lowest BCUT2D eigenvalue weighted by molar-refractivity contribution is -0.113. The molecule has 0 saturated carbocycles. The van der Waals surface area contributed by atoms with Crippen LogP contribution in [-0.4, -0.2) is 18.6 Å². The zero-order chi connectivity index (χ0) is 5.70. The second kappa shape index (κ2) is 3.49. The Balaban J connectivity index is 3.15. The van der Waals surface area contributed by atoms with Gasteiger partial charge in [-0.05, 0) is 0 Å². The standard InChI is InChI=1S/C4H6NO2/c5-4(3-7)1-2-6/h2-5H,1H2. The molecule has 0 aromatic heterocycles. The van der Waals surface area contributed by atoms with E-state index in [4.69, 9.17) is 5.73 Å². The van der Waals surface area contributed by atoms with Crippen LogP contribution < -0.4 is 5.73 Å². The quantitative estimate of drug-likeness (QED) is 0.446. The molecule has 0 bridgehead atoms. The van der Waals surface area contributed by atoms with Gasteiger partial charge in [-0.2, -0.15) is 0 Å². The molecule has 1 unspecified atom stereocenters. The summed E-state index contributed by atoms with van der Waals surface area (Å²) >= 11 is 0. The molecule has 0 fully saturated rings. The maximum absolute atomic E-state index is 9.55. The molecule has 0 spiro atoms. The van der Waals surface area contributed by atoms with Gasteiger partial charge in [0.05, 0.1) is 6.04 Å². The number of nitrogens with one attached hydrogen (secondary N) is 1. The minimum atomic E-state index is -0.850. The Bertz CT molecular complexity index is 72.1. The number of rotatable bonds is 3. The van der Waals surface area contributed by atoms with Crippen LogP contribution in [0.3, 0.4) is 0 Å². The Morgan fingerprint density at radius 3 is 2.29 bits per heavy atom. The van der Waals surface area contributed by atoms with Gasteiger partial charge < -0.3 is 9.59 Å². The zero-order valence-corrected chi connectivity index (χ0v) is 3.76. The van der Waals surface area contributed by atoms with E-state index < -0.39 is 6.04 Å². The lowest BCUT2D eigenvalue weighted by atomic mass is 10.3. The molecule has 0 heterocycles. The number of carbonyl (C=O) groups excluding carboxylic acids is 2. The van der Waals surface area contributed by atoms with Gasteiger partial charge in [-0.25, -0.2) is 5.73 Å². The molecule has 0 aromatic carbocycles. The smallest absolute Gasteiger partial charge is 0.138 e. The van der Waals surface area contributed by atoms with Crippen molar-refractivity contribution < 1.29 is 9.59 Å². The Kier molecular flexibility index (Phi) is 3.14. The van der Waals surface area contributed by atoms with Crippen molar-refractivity contribution in [2.24, 2.45) is 0 Å². The molecular weight excluding hydrogens is 94.0 g/mol. The number of aldehydes is 2. The molecule has 0 aliphatic rings. The van der Waals surface area contributed by atoms with Crippen LogP contribution in [0.1, 0.15) is 6.42 Å². The molecule has 0 amide bonds. The highest BCUT2D eigenvalue weighted by molar-refractivity contribution is 5.64. The molecule has 1 radical (unpaired) electrons. The summed E-state index contributed by atoms with van der Waals surface area (Å²) in [6.45, 7) is 0. The summed E-state index contributed by atoms with van der Waals surface area (Å²) in [5, 5.41) is 0. The van der Waals surface area contributed by atoms with Crippen LogP contribution in [0.5, 0.6) is 0 Å². The maximum atomic E-state index is 9.55. The monoisotopic (exact) mass is 100 g/mol. The average molecular weight is 100 g/mol. The summed E-state index contributed by atoms with van der Waals surface area (Å²) in [4.78, 5) is 19.0. The van der Waals surface area contributed by atoms with Crippen LogP contribution in [0, 0.1) is 0 Å².